The summed E-state index contributed by atoms with van der Waals surface area (Å²) < 4.78 is 5.63. The van der Waals surface area contributed by atoms with E-state index in [-0.39, 0.29) is 23.2 Å². The predicted molar refractivity (Wildman–Crippen MR) is 44.4 cm³/mol. The molecule has 1 heterocycles. The van der Waals surface area contributed by atoms with Crippen LogP contribution in [0.2, 0.25) is 0 Å². The average molecular weight is 158 g/mol. The fourth-order valence-electron chi connectivity index (χ4n) is 1.62. The van der Waals surface area contributed by atoms with E-state index in [2.05, 4.69) is 0 Å². The smallest absolute Gasteiger partial charge is 0.0877 e. The summed E-state index contributed by atoms with van der Waals surface area (Å²) >= 11 is 0. The lowest BCUT2D eigenvalue weighted by Gasteiger charge is -2.34. The first-order chi connectivity index (χ1) is 4.79. The third-order valence-electron chi connectivity index (χ3n) is 3.22. The topological polar surface area (TPSA) is 29.5 Å². The third kappa shape index (κ3) is 1.09. The molecule has 0 radical (unpaired) electrons. The maximum Gasteiger partial charge on any atom is 0.0877 e. The van der Waals surface area contributed by atoms with Gasteiger partial charge in [0, 0.05) is 5.41 Å². The second-order valence-electron chi connectivity index (χ2n) is 4.50. The zero-order chi connectivity index (χ0) is 8.86. The van der Waals surface area contributed by atoms with Gasteiger partial charge in [0.05, 0.1) is 17.8 Å². The van der Waals surface area contributed by atoms with Gasteiger partial charge in [-0.1, -0.05) is 13.8 Å². The van der Waals surface area contributed by atoms with Crippen LogP contribution in [0.1, 0.15) is 34.6 Å². The van der Waals surface area contributed by atoms with Crippen LogP contribution in [0.3, 0.4) is 0 Å². The second-order valence-corrected chi connectivity index (χ2v) is 4.50. The number of aliphatic hydroxyl groups excluding tert-OH is 1. The molecular formula is C9H18O2. The maximum absolute atomic E-state index is 9.74. The molecule has 66 valence electrons. The summed E-state index contributed by atoms with van der Waals surface area (Å²) in [4.78, 5) is 0. The van der Waals surface area contributed by atoms with E-state index in [4.69, 9.17) is 4.74 Å². The van der Waals surface area contributed by atoms with Crippen molar-refractivity contribution in [2.45, 2.75) is 52.4 Å². The van der Waals surface area contributed by atoms with Crippen molar-refractivity contribution >= 4 is 0 Å². The second kappa shape index (κ2) is 2.20. The molecular weight excluding hydrogens is 140 g/mol. The molecule has 0 saturated carbocycles. The van der Waals surface area contributed by atoms with Crippen LogP contribution < -0.4 is 0 Å². The number of aliphatic hydroxyl groups is 1. The Hall–Kier alpha value is -0.0800. The highest BCUT2D eigenvalue weighted by molar-refractivity contribution is 5.01. The summed E-state index contributed by atoms with van der Waals surface area (Å²) in [6.45, 7) is 10.1. The van der Waals surface area contributed by atoms with E-state index >= 15 is 0 Å². The van der Waals surface area contributed by atoms with Crippen molar-refractivity contribution in [2.24, 2.45) is 5.41 Å². The minimum absolute atomic E-state index is 0.0417. The van der Waals surface area contributed by atoms with Gasteiger partial charge < -0.3 is 9.84 Å². The summed E-state index contributed by atoms with van der Waals surface area (Å²) in [6, 6.07) is 0. The predicted octanol–water partition coefficient (Wildman–Crippen LogP) is 1.57. The van der Waals surface area contributed by atoms with Crippen LogP contribution in [0.25, 0.3) is 0 Å². The van der Waals surface area contributed by atoms with Crippen molar-refractivity contribution in [1.29, 1.82) is 0 Å². The summed E-state index contributed by atoms with van der Waals surface area (Å²) in [7, 11) is 0. The normalized spacial score (nSPS) is 40.9. The van der Waals surface area contributed by atoms with Crippen molar-refractivity contribution < 1.29 is 9.84 Å². The SMILES string of the molecule is C[C@@H]1OC(C)(C)C(C)(C)[C@@H]1O. The summed E-state index contributed by atoms with van der Waals surface area (Å²) in [5.74, 6) is 0. The third-order valence-corrected chi connectivity index (χ3v) is 3.22. The quantitative estimate of drug-likeness (QED) is 0.580. The molecule has 0 unspecified atom stereocenters. The Labute approximate surface area is 68.6 Å². The monoisotopic (exact) mass is 158 g/mol. The first-order valence-electron chi connectivity index (χ1n) is 4.15. The summed E-state index contributed by atoms with van der Waals surface area (Å²) in [5.41, 5.74) is -0.363. The molecule has 1 aliphatic rings. The molecule has 1 aliphatic heterocycles. The lowest BCUT2D eigenvalue weighted by molar-refractivity contribution is -0.0456. The Kier molecular flexibility index (Phi) is 1.81. The van der Waals surface area contributed by atoms with Gasteiger partial charge >= 0.3 is 0 Å². The molecule has 0 spiro atoms. The van der Waals surface area contributed by atoms with Gasteiger partial charge in [-0.2, -0.15) is 0 Å². The van der Waals surface area contributed by atoms with Gasteiger partial charge in [0.15, 0.2) is 0 Å². The Morgan fingerprint density at radius 3 is 1.73 bits per heavy atom. The highest BCUT2D eigenvalue weighted by atomic mass is 16.5. The Morgan fingerprint density at radius 2 is 1.64 bits per heavy atom. The molecule has 1 N–H and O–H groups in total. The van der Waals surface area contributed by atoms with Crippen LogP contribution >= 0.6 is 0 Å². The molecule has 1 rings (SSSR count). The van der Waals surface area contributed by atoms with Gasteiger partial charge in [-0.15, -0.1) is 0 Å². The van der Waals surface area contributed by atoms with E-state index in [1.807, 2.05) is 34.6 Å². The van der Waals surface area contributed by atoms with Gasteiger partial charge in [-0.25, -0.2) is 0 Å². The zero-order valence-electron chi connectivity index (χ0n) is 8.01. The molecule has 2 heteroatoms. The highest BCUT2D eigenvalue weighted by Crippen LogP contribution is 2.45. The van der Waals surface area contributed by atoms with Gasteiger partial charge in [0.25, 0.3) is 0 Å². The highest BCUT2D eigenvalue weighted by Gasteiger charge is 2.53. The van der Waals surface area contributed by atoms with E-state index in [1.165, 1.54) is 0 Å². The molecule has 11 heavy (non-hydrogen) atoms. The molecule has 0 bridgehead atoms. The maximum atomic E-state index is 9.74. The zero-order valence-corrected chi connectivity index (χ0v) is 8.01. The van der Waals surface area contributed by atoms with E-state index in [0.717, 1.165) is 0 Å². The van der Waals surface area contributed by atoms with Crippen molar-refractivity contribution in [3.8, 4) is 0 Å². The lowest BCUT2D eigenvalue weighted by Crippen LogP contribution is -2.41. The van der Waals surface area contributed by atoms with Crippen LogP contribution in [-0.2, 0) is 4.74 Å². The van der Waals surface area contributed by atoms with E-state index in [1.54, 1.807) is 0 Å². The number of hydrogen-bond donors (Lipinski definition) is 1. The van der Waals surface area contributed by atoms with Crippen LogP contribution in [0, 0.1) is 5.41 Å². The minimum Gasteiger partial charge on any atom is -0.390 e. The molecule has 0 amide bonds. The van der Waals surface area contributed by atoms with E-state index in [9.17, 15) is 5.11 Å². The fourth-order valence-corrected chi connectivity index (χ4v) is 1.62. The first-order valence-corrected chi connectivity index (χ1v) is 4.15. The molecule has 0 aliphatic carbocycles. The van der Waals surface area contributed by atoms with Crippen LogP contribution in [0.4, 0.5) is 0 Å². The average Bonchev–Trinajstić information content (AvgIpc) is 1.93. The number of rotatable bonds is 0. The molecule has 0 aromatic rings. The first kappa shape index (κ1) is 9.01. The van der Waals surface area contributed by atoms with Crippen molar-refractivity contribution in [2.75, 3.05) is 0 Å². The lowest BCUT2D eigenvalue weighted by atomic mass is 9.74. The van der Waals surface area contributed by atoms with Gasteiger partial charge in [-0.3, -0.25) is 0 Å². The molecule has 1 fully saturated rings. The van der Waals surface area contributed by atoms with Crippen molar-refractivity contribution in [3.05, 3.63) is 0 Å². The van der Waals surface area contributed by atoms with Gasteiger partial charge in [0.1, 0.15) is 0 Å². The summed E-state index contributed by atoms with van der Waals surface area (Å²) in [5, 5.41) is 9.74. The van der Waals surface area contributed by atoms with Gasteiger partial charge in [0.2, 0.25) is 0 Å². The molecule has 0 aromatic heterocycles. The minimum atomic E-state index is -0.350. The van der Waals surface area contributed by atoms with E-state index < -0.39 is 0 Å². The molecule has 0 aromatic carbocycles. The standard InChI is InChI=1S/C9H18O2/c1-6-7(10)8(2,3)9(4,5)11-6/h6-7,10H,1-5H3/t6-,7+/m0/s1. The largest absolute Gasteiger partial charge is 0.390 e. The Balaban J connectivity index is 2.92. The molecule has 1 saturated heterocycles. The van der Waals surface area contributed by atoms with E-state index in [0.29, 0.717) is 0 Å². The summed E-state index contributed by atoms with van der Waals surface area (Å²) in [6.07, 6.45) is -0.391. The molecule has 2 nitrogen and oxygen atoms in total. The Bertz CT molecular complexity index is 161. The number of ether oxygens (including phenoxy) is 1. The Morgan fingerprint density at radius 1 is 1.18 bits per heavy atom. The van der Waals surface area contributed by atoms with Crippen molar-refractivity contribution in [3.63, 3.8) is 0 Å². The molecule has 2 atom stereocenters. The fraction of sp³-hybridized carbons (Fsp3) is 1.00. The van der Waals surface area contributed by atoms with Crippen molar-refractivity contribution in [1.82, 2.24) is 0 Å². The van der Waals surface area contributed by atoms with Crippen LogP contribution in [-0.4, -0.2) is 22.9 Å². The van der Waals surface area contributed by atoms with Crippen LogP contribution in [0.15, 0.2) is 0 Å². The van der Waals surface area contributed by atoms with Gasteiger partial charge in [-0.05, 0) is 20.8 Å². The van der Waals surface area contributed by atoms with Crippen LogP contribution in [0.5, 0.6) is 0 Å². The number of hydrogen-bond acceptors (Lipinski definition) is 2.